The molecule has 0 saturated carbocycles. The number of thioether (sulfide) groups is 1. The second kappa shape index (κ2) is 8.93. The van der Waals surface area contributed by atoms with Crippen LogP contribution in [-0.2, 0) is 0 Å². The van der Waals surface area contributed by atoms with Gasteiger partial charge in [-0.25, -0.2) is 0 Å². The molecular formula is C10H19NS. The topological polar surface area (TPSA) is 23.8 Å². The first-order chi connectivity index (χ1) is 5.81. The Hall–Kier alpha value is -0.160. The maximum absolute atomic E-state index is 8.50. The minimum Gasteiger partial charge on any atom is -0.197 e. The van der Waals surface area contributed by atoms with E-state index in [4.69, 9.17) is 5.26 Å². The Morgan fingerprint density at radius 3 is 2.50 bits per heavy atom. The number of unbranched alkanes of at least 4 members (excludes halogenated alkanes) is 4. The van der Waals surface area contributed by atoms with Crippen LogP contribution in [0.4, 0.5) is 0 Å². The molecule has 1 nitrogen and oxygen atoms in total. The third kappa shape index (κ3) is 7.94. The van der Waals surface area contributed by atoms with Gasteiger partial charge in [0.05, 0.1) is 11.3 Å². The lowest BCUT2D eigenvalue weighted by Crippen LogP contribution is -1.92. The van der Waals surface area contributed by atoms with Crippen LogP contribution >= 0.6 is 11.8 Å². The highest BCUT2D eigenvalue weighted by molar-refractivity contribution is 8.00. The average Bonchev–Trinajstić information content (AvgIpc) is 2.10. The van der Waals surface area contributed by atoms with Crippen LogP contribution in [0.1, 0.15) is 46.0 Å². The molecule has 0 aromatic carbocycles. The van der Waals surface area contributed by atoms with Crippen molar-refractivity contribution in [2.75, 3.05) is 5.75 Å². The van der Waals surface area contributed by atoms with Crippen LogP contribution in [0.2, 0.25) is 0 Å². The average molecular weight is 185 g/mol. The van der Waals surface area contributed by atoms with Gasteiger partial charge in [-0.1, -0.05) is 32.6 Å². The molecular weight excluding hydrogens is 166 g/mol. The molecule has 0 bridgehead atoms. The number of hydrogen-bond donors (Lipinski definition) is 0. The molecule has 1 unspecified atom stereocenters. The molecule has 0 saturated heterocycles. The zero-order valence-corrected chi connectivity index (χ0v) is 8.99. The molecule has 0 amide bonds. The van der Waals surface area contributed by atoms with E-state index in [1.807, 2.05) is 6.92 Å². The molecule has 0 heterocycles. The van der Waals surface area contributed by atoms with Gasteiger partial charge in [0.1, 0.15) is 0 Å². The van der Waals surface area contributed by atoms with Crippen molar-refractivity contribution in [2.24, 2.45) is 0 Å². The molecule has 2 heteroatoms. The van der Waals surface area contributed by atoms with Crippen LogP contribution in [0.15, 0.2) is 0 Å². The summed E-state index contributed by atoms with van der Waals surface area (Å²) in [6, 6.07) is 2.23. The van der Waals surface area contributed by atoms with Crippen LogP contribution in [-0.4, -0.2) is 11.0 Å². The van der Waals surface area contributed by atoms with Gasteiger partial charge in [0.15, 0.2) is 0 Å². The number of nitriles is 1. The first-order valence-electron chi connectivity index (χ1n) is 4.82. The Morgan fingerprint density at radius 2 is 1.92 bits per heavy atom. The Labute approximate surface area is 80.5 Å². The molecule has 0 aliphatic carbocycles. The van der Waals surface area contributed by atoms with E-state index in [1.54, 1.807) is 11.8 Å². The van der Waals surface area contributed by atoms with Crippen LogP contribution < -0.4 is 0 Å². The summed E-state index contributed by atoms with van der Waals surface area (Å²) >= 11 is 1.77. The Kier molecular flexibility index (Phi) is 8.81. The molecule has 0 aromatic rings. The van der Waals surface area contributed by atoms with E-state index in [0.29, 0.717) is 0 Å². The van der Waals surface area contributed by atoms with Crippen molar-refractivity contribution < 1.29 is 0 Å². The van der Waals surface area contributed by atoms with Crippen LogP contribution in [0.5, 0.6) is 0 Å². The van der Waals surface area contributed by atoms with Gasteiger partial charge >= 0.3 is 0 Å². The van der Waals surface area contributed by atoms with Gasteiger partial charge in [0, 0.05) is 0 Å². The lowest BCUT2D eigenvalue weighted by molar-refractivity contribution is 0.659. The highest BCUT2D eigenvalue weighted by atomic mass is 32.2. The minimum absolute atomic E-state index is 0.177. The quantitative estimate of drug-likeness (QED) is 0.566. The Bertz CT molecular complexity index is 128. The van der Waals surface area contributed by atoms with Gasteiger partial charge in [0.25, 0.3) is 0 Å². The third-order valence-corrected chi connectivity index (χ3v) is 2.93. The number of hydrogen-bond acceptors (Lipinski definition) is 2. The van der Waals surface area contributed by atoms with Crippen molar-refractivity contribution in [3.8, 4) is 6.07 Å². The predicted molar refractivity (Wildman–Crippen MR) is 56.3 cm³/mol. The van der Waals surface area contributed by atoms with E-state index in [1.165, 1.54) is 32.1 Å². The molecule has 1 atom stereocenters. The Morgan fingerprint density at radius 1 is 1.25 bits per heavy atom. The van der Waals surface area contributed by atoms with Gasteiger partial charge < -0.3 is 0 Å². The van der Waals surface area contributed by atoms with E-state index in [2.05, 4.69) is 13.0 Å². The maximum Gasteiger partial charge on any atom is 0.0888 e. The van der Waals surface area contributed by atoms with Crippen molar-refractivity contribution in [3.63, 3.8) is 0 Å². The number of nitrogens with zero attached hydrogens (tertiary/aromatic N) is 1. The molecule has 0 fully saturated rings. The van der Waals surface area contributed by atoms with Crippen molar-refractivity contribution in [3.05, 3.63) is 0 Å². The van der Waals surface area contributed by atoms with E-state index >= 15 is 0 Å². The van der Waals surface area contributed by atoms with Crippen molar-refractivity contribution in [2.45, 2.75) is 51.2 Å². The number of rotatable bonds is 7. The lowest BCUT2D eigenvalue weighted by Gasteiger charge is -2.01. The highest BCUT2D eigenvalue weighted by Crippen LogP contribution is 2.13. The van der Waals surface area contributed by atoms with Crippen molar-refractivity contribution in [1.29, 1.82) is 5.26 Å². The Balaban J connectivity index is 2.96. The van der Waals surface area contributed by atoms with E-state index in [-0.39, 0.29) is 5.25 Å². The molecule has 0 radical (unpaired) electrons. The molecule has 0 aromatic heterocycles. The summed E-state index contributed by atoms with van der Waals surface area (Å²) in [5.74, 6) is 1.15. The monoisotopic (exact) mass is 185 g/mol. The van der Waals surface area contributed by atoms with Crippen LogP contribution in [0.3, 0.4) is 0 Å². The van der Waals surface area contributed by atoms with Crippen LogP contribution in [0, 0.1) is 11.3 Å². The standard InChI is InChI=1S/C10H19NS/c1-3-4-5-6-7-8-12-10(2)9-11/h10H,3-8H2,1-2H3. The van der Waals surface area contributed by atoms with Gasteiger partial charge in [-0.2, -0.15) is 5.26 Å². The summed E-state index contributed by atoms with van der Waals surface area (Å²) in [4.78, 5) is 0. The second-order valence-corrected chi connectivity index (χ2v) is 4.51. The summed E-state index contributed by atoms with van der Waals surface area (Å²) in [5.41, 5.74) is 0. The van der Waals surface area contributed by atoms with E-state index in [0.717, 1.165) is 5.75 Å². The summed E-state index contributed by atoms with van der Waals surface area (Å²) in [6.07, 6.45) is 6.63. The third-order valence-electron chi connectivity index (χ3n) is 1.80. The highest BCUT2D eigenvalue weighted by Gasteiger charge is 1.97. The van der Waals surface area contributed by atoms with Crippen molar-refractivity contribution >= 4 is 11.8 Å². The molecule has 0 spiro atoms. The minimum atomic E-state index is 0.177. The normalized spacial score (nSPS) is 12.4. The van der Waals surface area contributed by atoms with Crippen molar-refractivity contribution in [1.82, 2.24) is 0 Å². The fraction of sp³-hybridized carbons (Fsp3) is 0.900. The molecule has 0 N–H and O–H groups in total. The van der Waals surface area contributed by atoms with E-state index < -0.39 is 0 Å². The molecule has 12 heavy (non-hydrogen) atoms. The molecule has 70 valence electrons. The van der Waals surface area contributed by atoms with Gasteiger partial charge in [-0.3, -0.25) is 0 Å². The molecule has 0 aliphatic heterocycles. The van der Waals surface area contributed by atoms with Gasteiger partial charge in [-0.15, -0.1) is 11.8 Å². The summed E-state index contributed by atoms with van der Waals surface area (Å²) in [5, 5.41) is 8.68. The smallest absolute Gasteiger partial charge is 0.0888 e. The zero-order valence-electron chi connectivity index (χ0n) is 8.18. The van der Waals surface area contributed by atoms with E-state index in [9.17, 15) is 0 Å². The summed E-state index contributed by atoms with van der Waals surface area (Å²) < 4.78 is 0. The first-order valence-corrected chi connectivity index (χ1v) is 5.87. The fourth-order valence-electron chi connectivity index (χ4n) is 1.00. The maximum atomic E-state index is 8.50. The largest absolute Gasteiger partial charge is 0.197 e. The van der Waals surface area contributed by atoms with Crippen LogP contribution in [0.25, 0.3) is 0 Å². The predicted octanol–water partition coefficient (Wildman–Crippen LogP) is 3.60. The lowest BCUT2D eigenvalue weighted by atomic mass is 10.2. The second-order valence-electron chi connectivity index (χ2n) is 3.06. The summed E-state index contributed by atoms with van der Waals surface area (Å²) in [6.45, 7) is 4.20. The van der Waals surface area contributed by atoms with Gasteiger partial charge in [-0.05, 0) is 19.1 Å². The first kappa shape index (κ1) is 11.8. The van der Waals surface area contributed by atoms with Gasteiger partial charge in [0.2, 0.25) is 0 Å². The molecule has 0 rings (SSSR count). The fourth-order valence-corrected chi connectivity index (χ4v) is 1.80. The zero-order chi connectivity index (χ0) is 9.23. The molecule has 0 aliphatic rings. The summed E-state index contributed by atoms with van der Waals surface area (Å²) in [7, 11) is 0. The SMILES string of the molecule is CCCCCCCSC(C)C#N.